The average molecular weight is 834 g/mol. The second kappa shape index (κ2) is 22.7. The normalized spacial score (nSPS) is 15.9. The zero-order valence-electron chi connectivity index (χ0n) is 32.6. The maximum absolute atomic E-state index is 11.9. The Labute approximate surface area is 358 Å². The van der Waals surface area contributed by atoms with Gasteiger partial charge in [-0.25, -0.2) is 0 Å². The average Bonchev–Trinajstić information content (AvgIpc) is 3.28. The zero-order valence-corrected chi connectivity index (χ0v) is 34.9. The first kappa shape index (κ1) is 43.2. The Morgan fingerprint density at radius 2 is 0.845 bits per heavy atom. The number of carbonyl (C=O) groups excluding carboxylic acids is 1. The van der Waals surface area contributed by atoms with E-state index in [1.165, 1.54) is 22.3 Å². The fraction of sp³-hybridized carbons (Fsp3) is 0.245. The summed E-state index contributed by atoms with van der Waals surface area (Å²) in [6.45, 7) is 9.25. The van der Waals surface area contributed by atoms with E-state index in [2.05, 4.69) is 105 Å². The first-order valence-electron chi connectivity index (χ1n) is 19.9. The first-order valence-corrected chi connectivity index (χ1v) is 21.0. The summed E-state index contributed by atoms with van der Waals surface area (Å²) in [5.41, 5.74) is 6.59. The molecule has 9 heteroatoms. The second-order valence-electron chi connectivity index (χ2n) is 14.3. The number of nitrogens with one attached hydrogen (secondary N) is 1. The molecule has 0 aliphatic carbocycles. The molecule has 300 valence electrons. The summed E-state index contributed by atoms with van der Waals surface area (Å²) in [6, 6.07) is 54.5. The minimum absolute atomic E-state index is 0.0206. The fourth-order valence-electron chi connectivity index (χ4n) is 7.47. The van der Waals surface area contributed by atoms with Crippen LogP contribution in [0.3, 0.4) is 0 Å². The maximum Gasteiger partial charge on any atom is 0.193 e. The molecule has 0 saturated carbocycles. The maximum atomic E-state index is 11.9. The minimum atomic E-state index is 0.0206. The quantitative estimate of drug-likeness (QED) is 0.134. The van der Waals surface area contributed by atoms with Gasteiger partial charge in [-0.3, -0.25) is 19.5 Å². The monoisotopic (exact) mass is 832 g/mol. The van der Waals surface area contributed by atoms with Crippen LogP contribution < -0.4 is 5.32 Å². The van der Waals surface area contributed by atoms with Crippen LogP contribution in [0.5, 0.6) is 0 Å². The molecule has 2 heterocycles. The number of aliphatic hydroxyl groups is 1. The van der Waals surface area contributed by atoms with Gasteiger partial charge in [0, 0.05) is 85.1 Å². The van der Waals surface area contributed by atoms with E-state index in [1.54, 1.807) is 36.4 Å². The number of piperazine rings is 2. The summed E-state index contributed by atoms with van der Waals surface area (Å²) >= 11 is 17.8. The van der Waals surface area contributed by atoms with E-state index in [0.29, 0.717) is 22.2 Å². The van der Waals surface area contributed by atoms with Gasteiger partial charge in [0.2, 0.25) is 0 Å². The number of nitrogens with zero attached hydrogens (tertiary/aromatic N) is 3. The molecule has 0 amide bonds. The van der Waals surface area contributed by atoms with Crippen LogP contribution >= 0.6 is 34.8 Å². The molecule has 2 aliphatic heterocycles. The van der Waals surface area contributed by atoms with Gasteiger partial charge in [0.15, 0.2) is 5.78 Å². The zero-order chi connectivity index (χ0) is 40.5. The predicted octanol–water partition coefficient (Wildman–Crippen LogP) is 9.94. The highest BCUT2D eigenvalue weighted by atomic mass is 35.5. The van der Waals surface area contributed by atoms with Crippen molar-refractivity contribution in [3.05, 3.63) is 212 Å². The smallest absolute Gasteiger partial charge is 0.193 e. The number of rotatable bonds is 10. The van der Waals surface area contributed by atoms with Crippen molar-refractivity contribution in [3.63, 3.8) is 0 Å². The van der Waals surface area contributed by atoms with Crippen LogP contribution in [-0.4, -0.2) is 91.1 Å². The van der Waals surface area contributed by atoms with Crippen LogP contribution in [0.1, 0.15) is 50.3 Å². The molecule has 0 aromatic heterocycles. The molecule has 2 saturated heterocycles. The van der Waals surface area contributed by atoms with Gasteiger partial charge in [-0.1, -0.05) is 150 Å². The molecule has 0 radical (unpaired) electrons. The van der Waals surface area contributed by atoms with Crippen LogP contribution in [0.4, 0.5) is 0 Å². The van der Waals surface area contributed by atoms with Crippen LogP contribution in [-0.2, 0) is 0 Å². The van der Waals surface area contributed by atoms with E-state index in [-0.39, 0.29) is 18.4 Å². The Balaban J connectivity index is 0.000000150. The number of ketones is 1. The third kappa shape index (κ3) is 12.6. The number of hydrogen-bond acceptors (Lipinski definition) is 6. The molecule has 58 heavy (non-hydrogen) atoms. The topological polar surface area (TPSA) is 59.1 Å². The lowest BCUT2D eigenvalue weighted by molar-refractivity contribution is 0.0944. The first-order chi connectivity index (χ1) is 28.4. The standard InChI is InChI=1S/C19H23ClN2O.C17H19ClN2.C13H9ClO/c20-18-8-6-17(7-9-18)19(16-4-2-1-3-5-16)22-12-10-21(11-13-22)14-15-23;18-16-8-6-15(7-9-16)17(14-4-2-1-3-5-14)20-12-10-19-11-13-20;14-12-8-6-11(7-9-12)13(15)10-4-2-1-3-5-10/h1-9,19,23H,10-15H2;1-9,17,19H,10-13H2;1-9H. The Kier molecular flexibility index (Phi) is 16.9. The summed E-state index contributed by atoms with van der Waals surface area (Å²) < 4.78 is 0. The lowest BCUT2D eigenvalue weighted by atomic mass is 9.96. The van der Waals surface area contributed by atoms with Crippen molar-refractivity contribution < 1.29 is 9.90 Å². The van der Waals surface area contributed by atoms with E-state index in [4.69, 9.17) is 39.9 Å². The van der Waals surface area contributed by atoms with Crippen LogP contribution in [0.15, 0.2) is 164 Å². The van der Waals surface area contributed by atoms with Crippen molar-refractivity contribution in [1.29, 1.82) is 0 Å². The number of aliphatic hydroxyl groups excluding tert-OH is 1. The summed E-state index contributed by atoms with van der Waals surface area (Å²) in [6.07, 6.45) is 0. The molecule has 2 N–H and O–H groups in total. The minimum Gasteiger partial charge on any atom is -0.395 e. The molecule has 2 aliphatic rings. The van der Waals surface area contributed by atoms with Gasteiger partial charge in [0.05, 0.1) is 18.7 Å². The van der Waals surface area contributed by atoms with E-state index in [9.17, 15) is 4.79 Å². The van der Waals surface area contributed by atoms with Crippen LogP contribution in [0.25, 0.3) is 0 Å². The Bertz CT molecular complexity index is 2080. The summed E-state index contributed by atoms with van der Waals surface area (Å²) in [5, 5.41) is 14.7. The molecule has 2 atom stereocenters. The fourth-order valence-corrected chi connectivity index (χ4v) is 7.85. The predicted molar refractivity (Wildman–Crippen MR) is 240 cm³/mol. The molecule has 6 aromatic carbocycles. The third-order valence-electron chi connectivity index (χ3n) is 10.4. The molecule has 0 spiro atoms. The van der Waals surface area contributed by atoms with Crippen LogP contribution in [0, 0.1) is 0 Å². The van der Waals surface area contributed by atoms with E-state index < -0.39 is 0 Å². The van der Waals surface area contributed by atoms with Gasteiger partial charge >= 0.3 is 0 Å². The Morgan fingerprint density at radius 1 is 0.483 bits per heavy atom. The highest BCUT2D eigenvalue weighted by molar-refractivity contribution is 6.31. The number of β-amino-alcohol motifs (C(OH)–C–C–N with tert-alkyl or cyclic N) is 1. The SMILES string of the molecule is Clc1ccc(C(c2ccccc2)N2CCNCC2)cc1.O=C(c1ccccc1)c1ccc(Cl)cc1.OCCN1CCN(C(c2ccccc2)c2ccc(Cl)cc2)CC1. The molecule has 6 aromatic rings. The largest absolute Gasteiger partial charge is 0.395 e. The number of halogens is 3. The van der Waals surface area contributed by atoms with Crippen molar-refractivity contribution in [2.45, 2.75) is 12.1 Å². The molecular formula is C49H51Cl3N4O2. The van der Waals surface area contributed by atoms with Gasteiger partial charge < -0.3 is 10.4 Å². The van der Waals surface area contributed by atoms with Gasteiger partial charge in [0.25, 0.3) is 0 Å². The molecule has 2 unspecified atom stereocenters. The molecule has 8 rings (SSSR count). The van der Waals surface area contributed by atoms with Crippen molar-refractivity contribution in [2.75, 3.05) is 65.5 Å². The number of hydrogen-bond donors (Lipinski definition) is 2. The van der Waals surface area contributed by atoms with Crippen molar-refractivity contribution in [2.24, 2.45) is 0 Å². The highest BCUT2D eigenvalue weighted by Crippen LogP contribution is 2.31. The molecule has 6 nitrogen and oxygen atoms in total. The van der Waals surface area contributed by atoms with Gasteiger partial charge in [-0.15, -0.1) is 0 Å². The second-order valence-corrected chi connectivity index (χ2v) is 15.6. The third-order valence-corrected chi connectivity index (χ3v) is 11.2. The van der Waals surface area contributed by atoms with E-state index in [0.717, 1.165) is 68.9 Å². The summed E-state index contributed by atoms with van der Waals surface area (Å²) in [4.78, 5) is 19.3. The lowest BCUT2D eigenvalue weighted by Gasteiger charge is -2.39. The van der Waals surface area contributed by atoms with Crippen molar-refractivity contribution in [3.8, 4) is 0 Å². The van der Waals surface area contributed by atoms with E-state index >= 15 is 0 Å². The molecular weight excluding hydrogens is 783 g/mol. The van der Waals surface area contributed by atoms with Gasteiger partial charge in [-0.05, 0) is 70.8 Å². The van der Waals surface area contributed by atoms with Crippen molar-refractivity contribution >= 4 is 40.6 Å². The molecule has 2 fully saturated rings. The number of benzene rings is 6. The Hall–Kier alpha value is -4.34. The van der Waals surface area contributed by atoms with Gasteiger partial charge in [0.1, 0.15) is 0 Å². The highest BCUT2D eigenvalue weighted by Gasteiger charge is 2.26. The summed E-state index contributed by atoms with van der Waals surface area (Å²) in [7, 11) is 0. The Morgan fingerprint density at radius 3 is 1.28 bits per heavy atom. The van der Waals surface area contributed by atoms with E-state index in [1.807, 2.05) is 42.5 Å². The van der Waals surface area contributed by atoms with Gasteiger partial charge in [-0.2, -0.15) is 0 Å². The summed E-state index contributed by atoms with van der Waals surface area (Å²) in [5.74, 6) is 0.0206. The number of carbonyl (C=O) groups is 1. The molecule has 0 bridgehead atoms. The lowest BCUT2D eigenvalue weighted by Crippen LogP contribution is -2.48. The van der Waals surface area contributed by atoms with Crippen LogP contribution in [0.2, 0.25) is 15.1 Å². The van der Waals surface area contributed by atoms with Crippen molar-refractivity contribution in [1.82, 2.24) is 20.0 Å².